The molecule has 2 N–H and O–H groups in total. The molecule has 5 nitrogen and oxygen atoms in total. The first-order valence-electron chi connectivity index (χ1n) is 6.91. The quantitative estimate of drug-likeness (QED) is 0.785. The highest BCUT2D eigenvalue weighted by Gasteiger charge is 2.28. The van der Waals surface area contributed by atoms with Gasteiger partial charge in [-0.15, -0.1) is 5.10 Å². The van der Waals surface area contributed by atoms with Gasteiger partial charge in [0.15, 0.2) is 5.16 Å². The normalized spacial score (nSPS) is 17.7. The molecule has 1 aliphatic carbocycles. The summed E-state index contributed by atoms with van der Waals surface area (Å²) in [6, 6.07) is 0.386. The molecule has 108 valence electrons. The minimum atomic E-state index is -0.0644. The molecule has 6 heteroatoms. The number of hydrogen-bond donors (Lipinski definition) is 2. The maximum Gasteiger partial charge on any atom is 0.344 e. The van der Waals surface area contributed by atoms with E-state index >= 15 is 0 Å². The molecule has 0 saturated heterocycles. The molecule has 1 aromatic rings. The van der Waals surface area contributed by atoms with E-state index in [1.54, 1.807) is 11.8 Å². The number of aromatic nitrogens is 3. The number of thioether (sulfide) groups is 1. The van der Waals surface area contributed by atoms with Crippen molar-refractivity contribution in [2.75, 3.05) is 12.3 Å². The topological polar surface area (TPSA) is 62.7 Å². The monoisotopic (exact) mass is 284 g/mol. The second kappa shape index (κ2) is 5.71. The molecule has 0 aliphatic heterocycles. The maximum atomic E-state index is 11.6. The summed E-state index contributed by atoms with van der Waals surface area (Å²) in [5.41, 5.74) is 0.0898. The van der Waals surface area contributed by atoms with Crippen molar-refractivity contribution in [1.82, 2.24) is 20.1 Å². The van der Waals surface area contributed by atoms with Crippen LogP contribution in [-0.2, 0) is 0 Å². The van der Waals surface area contributed by atoms with Crippen molar-refractivity contribution in [1.29, 1.82) is 0 Å². The standard InChI is InChI=1S/C13H24N4OS/c1-9(7-14-13(2,3)4)8-19-12-16-15-11(18)17(12)10-5-6-10/h9-10,14H,5-8H2,1-4H3,(H,15,18). The lowest BCUT2D eigenvalue weighted by atomic mass is 10.1. The molecule has 1 aromatic heterocycles. The van der Waals surface area contributed by atoms with Gasteiger partial charge in [-0.05, 0) is 46.1 Å². The number of rotatable bonds is 6. The maximum absolute atomic E-state index is 11.6. The largest absolute Gasteiger partial charge is 0.344 e. The fourth-order valence-corrected chi connectivity index (χ4v) is 2.84. The summed E-state index contributed by atoms with van der Waals surface area (Å²) in [6.07, 6.45) is 2.21. The van der Waals surface area contributed by atoms with Crippen LogP contribution in [0.4, 0.5) is 0 Å². The van der Waals surface area contributed by atoms with E-state index in [1.807, 2.05) is 4.57 Å². The molecule has 2 rings (SSSR count). The van der Waals surface area contributed by atoms with Crippen molar-refractivity contribution < 1.29 is 0 Å². The van der Waals surface area contributed by atoms with Crippen LogP contribution in [0.15, 0.2) is 9.95 Å². The van der Waals surface area contributed by atoms with Gasteiger partial charge in [-0.3, -0.25) is 4.57 Å². The van der Waals surface area contributed by atoms with Gasteiger partial charge >= 0.3 is 5.69 Å². The highest BCUT2D eigenvalue weighted by Crippen LogP contribution is 2.36. The smallest absolute Gasteiger partial charge is 0.312 e. The van der Waals surface area contributed by atoms with E-state index in [0.29, 0.717) is 12.0 Å². The molecule has 1 saturated carbocycles. The van der Waals surface area contributed by atoms with Crippen LogP contribution in [0, 0.1) is 5.92 Å². The van der Waals surface area contributed by atoms with E-state index in [0.717, 1.165) is 30.3 Å². The van der Waals surface area contributed by atoms with Gasteiger partial charge in [0.1, 0.15) is 0 Å². The Balaban J connectivity index is 1.83. The van der Waals surface area contributed by atoms with Gasteiger partial charge in [-0.25, -0.2) is 9.89 Å². The summed E-state index contributed by atoms with van der Waals surface area (Å²) in [4.78, 5) is 11.6. The van der Waals surface area contributed by atoms with Crippen LogP contribution in [0.2, 0.25) is 0 Å². The molecule has 1 unspecified atom stereocenters. The van der Waals surface area contributed by atoms with Crippen molar-refractivity contribution in [2.45, 2.75) is 57.3 Å². The SMILES string of the molecule is CC(CNC(C)(C)C)CSc1n[nH]c(=O)n1C1CC1. The summed E-state index contributed by atoms with van der Waals surface area (Å²) in [7, 11) is 0. The zero-order valence-corrected chi connectivity index (χ0v) is 13.0. The zero-order chi connectivity index (χ0) is 14.0. The molecule has 0 radical (unpaired) electrons. The molecular weight excluding hydrogens is 260 g/mol. The number of H-pyrrole nitrogens is 1. The molecule has 1 aliphatic rings. The Morgan fingerprint density at radius 2 is 2.21 bits per heavy atom. The summed E-state index contributed by atoms with van der Waals surface area (Å²) in [6.45, 7) is 9.72. The Morgan fingerprint density at radius 3 is 2.79 bits per heavy atom. The molecular formula is C13H24N4OS. The van der Waals surface area contributed by atoms with Gasteiger partial charge in [-0.2, -0.15) is 0 Å². The molecule has 0 amide bonds. The van der Waals surface area contributed by atoms with Gasteiger partial charge in [0, 0.05) is 17.3 Å². The Kier molecular flexibility index (Phi) is 4.40. The summed E-state index contributed by atoms with van der Waals surface area (Å²) in [5, 5.41) is 11.0. The van der Waals surface area contributed by atoms with E-state index in [-0.39, 0.29) is 11.2 Å². The van der Waals surface area contributed by atoms with E-state index in [4.69, 9.17) is 0 Å². The first-order valence-corrected chi connectivity index (χ1v) is 7.90. The lowest BCUT2D eigenvalue weighted by molar-refractivity contribution is 0.395. The highest BCUT2D eigenvalue weighted by atomic mass is 32.2. The third-order valence-corrected chi connectivity index (χ3v) is 4.34. The second-order valence-electron chi connectivity index (χ2n) is 6.46. The predicted molar refractivity (Wildman–Crippen MR) is 78.8 cm³/mol. The fraction of sp³-hybridized carbons (Fsp3) is 0.846. The van der Waals surface area contributed by atoms with Gasteiger partial charge in [-0.1, -0.05) is 18.7 Å². The van der Waals surface area contributed by atoms with Gasteiger partial charge in [0.25, 0.3) is 0 Å². The van der Waals surface area contributed by atoms with Gasteiger partial charge < -0.3 is 5.32 Å². The van der Waals surface area contributed by atoms with Crippen LogP contribution >= 0.6 is 11.8 Å². The van der Waals surface area contributed by atoms with E-state index in [9.17, 15) is 4.79 Å². The van der Waals surface area contributed by atoms with Crippen LogP contribution in [0.5, 0.6) is 0 Å². The number of nitrogens with zero attached hydrogens (tertiary/aromatic N) is 2. The van der Waals surface area contributed by atoms with Crippen LogP contribution in [0.3, 0.4) is 0 Å². The molecule has 1 heterocycles. The van der Waals surface area contributed by atoms with Crippen LogP contribution in [-0.4, -0.2) is 32.6 Å². The second-order valence-corrected chi connectivity index (χ2v) is 7.45. The van der Waals surface area contributed by atoms with E-state index in [2.05, 4.69) is 43.2 Å². The van der Waals surface area contributed by atoms with Crippen LogP contribution in [0.1, 0.15) is 46.6 Å². The van der Waals surface area contributed by atoms with Gasteiger partial charge in [0.2, 0.25) is 0 Å². The average Bonchev–Trinajstić information content (AvgIpc) is 3.08. The molecule has 1 fully saturated rings. The lowest BCUT2D eigenvalue weighted by Crippen LogP contribution is -2.39. The Morgan fingerprint density at radius 1 is 1.53 bits per heavy atom. The minimum absolute atomic E-state index is 0.0644. The average molecular weight is 284 g/mol. The minimum Gasteiger partial charge on any atom is -0.312 e. The molecule has 0 spiro atoms. The predicted octanol–water partition coefficient (Wildman–Crippen LogP) is 2.02. The number of aromatic amines is 1. The van der Waals surface area contributed by atoms with Crippen molar-refractivity contribution in [3.05, 3.63) is 10.5 Å². The third kappa shape index (κ3) is 4.38. The summed E-state index contributed by atoms with van der Waals surface area (Å²) in [5.74, 6) is 1.52. The van der Waals surface area contributed by atoms with E-state index < -0.39 is 0 Å². The van der Waals surface area contributed by atoms with Crippen LogP contribution in [0.25, 0.3) is 0 Å². The highest BCUT2D eigenvalue weighted by molar-refractivity contribution is 7.99. The zero-order valence-electron chi connectivity index (χ0n) is 12.2. The third-order valence-electron chi connectivity index (χ3n) is 3.06. The first kappa shape index (κ1) is 14.7. The van der Waals surface area contributed by atoms with Crippen LogP contribution < -0.4 is 11.0 Å². The Bertz CT molecular complexity index is 470. The van der Waals surface area contributed by atoms with E-state index in [1.165, 1.54) is 0 Å². The summed E-state index contributed by atoms with van der Waals surface area (Å²) >= 11 is 1.68. The fourth-order valence-electron chi connectivity index (χ4n) is 1.80. The first-order chi connectivity index (χ1) is 8.87. The number of nitrogens with one attached hydrogen (secondary N) is 2. The summed E-state index contributed by atoms with van der Waals surface area (Å²) < 4.78 is 1.81. The molecule has 1 atom stereocenters. The van der Waals surface area contributed by atoms with Crippen molar-refractivity contribution >= 4 is 11.8 Å². The molecule has 19 heavy (non-hydrogen) atoms. The van der Waals surface area contributed by atoms with Crippen molar-refractivity contribution in [2.24, 2.45) is 5.92 Å². The van der Waals surface area contributed by atoms with Gasteiger partial charge in [0.05, 0.1) is 0 Å². The molecule has 0 aromatic carbocycles. The molecule has 0 bridgehead atoms. The Hall–Kier alpha value is -0.750. The van der Waals surface area contributed by atoms with Crippen molar-refractivity contribution in [3.63, 3.8) is 0 Å². The lowest BCUT2D eigenvalue weighted by Gasteiger charge is -2.23. The number of hydrogen-bond acceptors (Lipinski definition) is 4. The van der Waals surface area contributed by atoms with Crippen molar-refractivity contribution in [3.8, 4) is 0 Å². The Labute approximate surface area is 118 Å².